The third kappa shape index (κ3) is 6.07. The molecule has 1 amide bonds. The number of nitrogens with zero attached hydrogens (tertiary/aromatic N) is 1. The molecule has 9 heteroatoms. The number of carbonyl (C=O) groups excluding carboxylic acids is 1. The van der Waals surface area contributed by atoms with Gasteiger partial charge in [-0.05, 0) is 23.3 Å². The molecule has 0 radical (unpaired) electrons. The fraction of sp³-hybridized carbons (Fsp3) is 0.235. The van der Waals surface area contributed by atoms with E-state index in [9.17, 15) is 28.1 Å². The van der Waals surface area contributed by atoms with Crippen LogP contribution in [0.3, 0.4) is 0 Å². The van der Waals surface area contributed by atoms with Gasteiger partial charge in [-0.1, -0.05) is 24.3 Å². The van der Waals surface area contributed by atoms with Gasteiger partial charge in [-0.25, -0.2) is 0 Å². The van der Waals surface area contributed by atoms with E-state index in [4.69, 9.17) is 0 Å². The summed E-state index contributed by atoms with van der Waals surface area (Å²) < 4.78 is 37.9. The Labute approximate surface area is 151 Å². The van der Waals surface area contributed by atoms with Crippen LogP contribution in [0.15, 0.2) is 48.5 Å². The number of amides is 1. The summed E-state index contributed by atoms with van der Waals surface area (Å²) >= 11 is 1.31. The Balaban J connectivity index is 1.76. The van der Waals surface area contributed by atoms with Crippen LogP contribution in [-0.2, 0) is 23.3 Å². The second kappa shape index (κ2) is 8.70. The highest BCUT2D eigenvalue weighted by atomic mass is 32.2. The monoisotopic (exact) mass is 384 g/mol. The molecule has 0 saturated carbocycles. The molecule has 0 fully saturated rings. The van der Waals surface area contributed by atoms with Crippen LogP contribution in [0.4, 0.5) is 18.9 Å². The van der Waals surface area contributed by atoms with Crippen molar-refractivity contribution in [1.82, 2.24) is 5.32 Å². The Hall–Kier alpha value is -2.55. The predicted octanol–water partition coefficient (Wildman–Crippen LogP) is 4.16. The van der Waals surface area contributed by atoms with Crippen molar-refractivity contribution in [2.24, 2.45) is 0 Å². The molecule has 0 unspecified atom stereocenters. The van der Waals surface area contributed by atoms with Crippen LogP contribution in [-0.4, -0.2) is 16.6 Å². The van der Waals surface area contributed by atoms with Crippen LogP contribution in [0.1, 0.15) is 16.7 Å². The molecule has 5 nitrogen and oxygen atoms in total. The Bertz CT molecular complexity index is 780. The van der Waals surface area contributed by atoms with Crippen LogP contribution in [0.2, 0.25) is 0 Å². The third-order valence-electron chi connectivity index (χ3n) is 3.39. The van der Waals surface area contributed by atoms with E-state index in [0.717, 1.165) is 17.7 Å². The molecule has 2 aromatic carbocycles. The first-order chi connectivity index (χ1) is 12.3. The van der Waals surface area contributed by atoms with Gasteiger partial charge in [0.15, 0.2) is 0 Å². The number of nitrogens with one attached hydrogen (secondary N) is 1. The first-order valence-corrected chi connectivity index (χ1v) is 8.65. The molecular weight excluding hydrogens is 369 g/mol. The predicted molar refractivity (Wildman–Crippen MR) is 92.5 cm³/mol. The van der Waals surface area contributed by atoms with Gasteiger partial charge in [0.25, 0.3) is 5.69 Å². The van der Waals surface area contributed by atoms with Crippen LogP contribution in [0, 0.1) is 10.1 Å². The molecule has 138 valence electrons. The van der Waals surface area contributed by atoms with E-state index in [1.54, 1.807) is 12.1 Å². The Morgan fingerprint density at radius 2 is 1.81 bits per heavy atom. The van der Waals surface area contributed by atoms with Crippen LogP contribution in [0.5, 0.6) is 0 Å². The van der Waals surface area contributed by atoms with Gasteiger partial charge in [-0.15, -0.1) is 11.8 Å². The molecule has 2 aromatic rings. The quantitative estimate of drug-likeness (QED) is 0.575. The number of alkyl halides is 3. The lowest BCUT2D eigenvalue weighted by Crippen LogP contribution is -2.24. The standard InChI is InChI=1S/C17H15F3N2O3S/c18-17(19,20)14-3-1-2-13(8-14)9-21-16(23)11-26-10-12-4-6-15(7-5-12)22(24)25/h1-8H,9-11H2,(H,21,23). The maximum atomic E-state index is 12.6. The molecule has 0 heterocycles. The first-order valence-electron chi connectivity index (χ1n) is 7.49. The van der Waals surface area contributed by atoms with Crippen molar-refractivity contribution >= 4 is 23.4 Å². The van der Waals surface area contributed by atoms with Crippen molar-refractivity contribution in [2.75, 3.05) is 5.75 Å². The summed E-state index contributed by atoms with van der Waals surface area (Å²) in [4.78, 5) is 21.9. The normalized spacial score (nSPS) is 11.2. The molecule has 0 bridgehead atoms. The summed E-state index contributed by atoms with van der Waals surface area (Å²) in [7, 11) is 0. The molecule has 0 aliphatic carbocycles. The number of non-ortho nitro benzene ring substituents is 1. The van der Waals surface area contributed by atoms with E-state index < -0.39 is 16.7 Å². The van der Waals surface area contributed by atoms with E-state index in [-0.39, 0.29) is 23.9 Å². The minimum absolute atomic E-state index is 0.00224. The van der Waals surface area contributed by atoms with Crippen molar-refractivity contribution < 1.29 is 22.9 Å². The number of carbonyl (C=O) groups is 1. The highest BCUT2D eigenvalue weighted by Gasteiger charge is 2.30. The van der Waals surface area contributed by atoms with Gasteiger partial charge in [0.1, 0.15) is 0 Å². The lowest BCUT2D eigenvalue weighted by Gasteiger charge is -2.09. The van der Waals surface area contributed by atoms with Crippen molar-refractivity contribution in [3.63, 3.8) is 0 Å². The SMILES string of the molecule is O=C(CSCc1ccc([N+](=O)[O-])cc1)NCc1cccc(C(F)(F)F)c1. The summed E-state index contributed by atoms with van der Waals surface area (Å²) in [5, 5.41) is 13.1. The van der Waals surface area contributed by atoms with E-state index >= 15 is 0 Å². The third-order valence-corrected chi connectivity index (χ3v) is 4.40. The van der Waals surface area contributed by atoms with Gasteiger partial charge in [0.2, 0.25) is 5.91 Å². The second-order valence-electron chi connectivity index (χ2n) is 5.39. The lowest BCUT2D eigenvalue weighted by molar-refractivity contribution is -0.384. The molecule has 0 spiro atoms. The van der Waals surface area contributed by atoms with Gasteiger partial charge < -0.3 is 5.32 Å². The lowest BCUT2D eigenvalue weighted by atomic mass is 10.1. The van der Waals surface area contributed by atoms with Gasteiger partial charge in [-0.3, -0.25) is 14.9 Å². The minimum Gasteiger partial charge on any atom is -0.351 e. The minimum atomic E-state index is -4.42. The fourth-order valence-corrected chi connectivity index (χ4v) is 2.90. The highest BCUT2D eigenvalue weighted by Crippen LogP contribution is 2.29. The number of rotatable bonds is 7. The molecule has 0 atom stereocenters. The number of nitro groups is 1. The molecule has 0 aliphatic heterocycles. The van der Waals surface area contributed by atoms with E-state index in [1.807, 2.05) is 0 Å². The van der Waals surface area contributed by atoms with Crippen molar-refractivity contribution in [3.05, 3.63) is 75.3 Å². The summed E-state index contributed by atoms with van der Waals surface area (Å²) in [6, 6.07) is 10.8. The van der Waals surface area contributed by atoms with E-state index in [0.29, 0.717) is 11.3 Å². The smallest absolute Gasteiger partial charge is 0.351 e. The number of nitro benzene ring substituents is 1. The zero-order chi connectivity index (χ0) is 19.2. The number of benzene rings is 2. The molecule has 1 N–H and O–H groups in total. The number of thioether (sulfide) groups is 1. The number of hydrogen-bond acceptors (Lipinski definition) is 4. The molecular formula is C17H15F3N2O3S. The van der Waals surface area contributed by atoms with Crippen molar-refractivity contribution in [1.29, 1.82) is 0 Å². The summed E-state index contributed by atoms with van der Waals surface area (Å²) in [5.41, 5.74) is 0.453. The highest BCUT2D eigenvalue weighted by molar-refractivity contribution is 7.99. The van der Waals surface area contributed by atoms with E-state index in [1.165, 1.54) is 36.0 Å². The van der Waals surface area contributed by atoms with Crippen molar-refractivity contribution in [2.45, 2.75) is 18.5 Å². The van der Waals surface area contributed by atoms with Gasteiger partial charge in [0.05, 0.1) is 16.2 Å². The average molecular weight is 384 g/mol. The average Bonchev–Trinajstić information content (AvgIpc) is 2.60. The second-order valence-corrected chi connectivity index (χ2v) is 6.38. The number of halogens is 3. The first kappa shape index (κ1) is 19.8. The van der Waals surface area contributed by atoms with Crippen LogP contribution < -0.4 is 5.32 Å². The summed E-state index contributed by atoms with van der Waals surface area (Å²) in [6.45, 7) is 0.0147. The maximum absolute atomic E-state index is 12.6. The van der Waals surface area contributed by atoms with E-state index in [2.05, 4.69) is 5.32 Å². The Morgan fingerprint density at radius 3 is 2.42 bits per heavy atom. The van der Waals surface area contributed by atoms with Crippen molar-refractivity contribution in [3.8, 4) is 0 Å². The largest absolute Gasteiger partial charge is 0.416 e. The maximum Gasteiger partial charge on any atom is 0.416 e. The van der Waals surface area contributed by atoms with Gasteiger partial charge >= 0.3 is 6.18 Å². The topological polar surface area (TPSA) is 72.2 Å². The van der Waals surface area contributed by atoms with Gasteiger partial charge in [-0.2, -0.15) is 13.2 Å². The molecule has 0 aliphatic rings. The van der Waals surface area contributed by atoms with Crippen LogP contribution in [0.25, 0.3) is 0 Å². The Morgan fingerprint density at radius 1 is 1.12 bits per heavy atom. The zero-order valence-electron chi connectivity index (χ0n) is 13.5. The van der Waals surface area contributed by atoms with Crippen LogP contribution >= 0.6 is 11.8 Å². The zero-order valence-corrected chi connectivity index (χ0v) is 14.3. The fourth-order valence-electron chi connectivity index (χ4n) is 2.08. The molecule has 2 rings (SSSR count). The number of hydrogen-bond donors (Lipinski definition) is 1. The van der Waals surface area contributed by atoms with Gasteiger partial charge in [0, 0.05) is 24.4 Å². The molecule has 0 aromatic heterocycles. The summed E-state index contributed by atoms with van der Waals surface area (Å²) in [6.07, 6.45) is -4.42. The summed E-state index contributed by atoms with van der Waals surface area (Å²) in [5.74, 6) is 0.333. The Kier molecular flexibility index (Phi) is 6.62. The molecule has 0 saturated heterocycles. The molecule has 26 heavy (non-hydrogen) atoms.